The Balaban J connectivity index is 1.58. The highest BCUT2D eigenvalue weighted by Gasteiger charge is 2.32. The van der Waals surface area contributed by atoms with E-state index in [4.69, 9.17) is 0 Å². The fourth-order valence-electron chi connectivity index (χ4n) is 5.11. The van der Waals surface area contributed by atoms with Gasteiger partial charge in [0, 0.05) is 13.5 Å². The van der Waals surface area contributed by atoms with Gasteiger partial charge in [0.15, 0.2) is 0 Å². The van der Waals surface area contributed by atoms with Gasteiger partial charge < -0.3 is 9.80 Å². The van der Waals surface area contributed by atoms with Crippen LogP contribution in [0.4, 0.5) is 0 Å². The van der Waals surface area contributed by atoms with Gasteiger partial charge in [0.25, 0.3) is 0 Å². The third-order valence-corrected chi connectivity index (χ3v) is 6.76. The Morgan fingerprint density at radius 3 is 2.52 bits per heavy atom. The molecule has 1 N–H and O–H groups in total. The minimum absolute atomic E-state index is 0.196. The third-order valence-electron chi connectivity index (χ3n) is 6.76. The summed E-state index contributed by atoms with van der Waals surface area (Å²) in [5.41, 5.74) is 2.70. The quantitative estimate of drug-likeness (QED) is 0.706. The maximum absolute atomic E-state index is 13.1. The van der Waals surface area contributed by atoms with Gasteiger partial charge in [-0.3, -0.25) is 24.0 Å². The number of fused-ring (bicyclic) bond motifs is 1. The van der Waals surface area contributed by atoms with Gasteiger partial charge in [0.1, 0.15) is 6.04 Å². The molecule has 1 aromatic carbocycles. The molecule has 2 aromatic rings. The van der Waals surface area contributed by atoms with Crippen molar-refractivity contribution in [3.63, 3.8) is 0 Å². The van der Waals surface area contributed by atoms with E-state index < -0.39 is 6.04 Å². The van der Waals surface area contributed by atoms with Crippen molar-refractivity contribution in [2.75, 3.05) is 40.3 Å². The van der Waals surface area contributed by atoms with Crippen LogP contribution in [0, 0.1) is 0 Å². The van der Waals surface area contributed by atoms with Crippen LogP contribution < -0.4 is 11.0 Å². The van der Waals surface area contributed by atoms with E-state index in [1.54, 1.807) is 16.2 Å². The van der Waals surface area contributed by atoms with Crippen LogP contribution >= 0.6 is 0 Å². The lowest BCUT2D eigenvalue weighted by atomic mass is 9.88. The molecule has 1 atom stereocenters. The number of para-hydroxylation sites is 1. The van der Waals surface area contributed by atoms with E-state index in [0.29, 0.717) is 12.3 Å². The second-order valence-electron chi connectivity index (χ2n) is 9.17. The zero-order valence-electron chi connectivity index (χ0n) is 18.8. The van der Waals surface area contributed by atoms with Crippen molar-refractivity contribution in [1.82, 2.24) is 24.3 Å². The molecular weight excluding hydrogens is 394 g/mol. The number of hydrogen-bond acceptors (Lipinski definition) is 5. The fraction of sp³-hybridized carbons (Fsp3) is 0.609. The topological polar surface area (TPSA) is 79.6 Å². The van der Waals surface area contributed by atoms with Crippen LogP contribution in [0.2, 0.25) is 0 Å². The summed E-state index contributed by atoms with van der Waals surface area (Å²) >= 11 is 0. The minimum Gasteiger partial charge on any atom is -0.309 e. The summed E-state index contributed by atoms with van der Waals surface area (Å²) in [6.45, 7) is 4.36. The van der Waals surface area contributed by atoms with E-state index in [2.05, 4.69) is 35.3 Å². The molecule has 0 aliphatic carbocycles. The number of benzene rings is 1. The van der Waals surface area contributed by atoms with Crippen molar-refractivity contribution in [2.24, 2.45) is 7.05 Å². The first kappa shape index (κ1) is 21.8. The van der Waals surface area contributed by atoms with Crippen LogP contribution in [0.15, 0.2) is 23.0 Å². The van der Waals surface area contributed by atoms with Gasteiger partial charge in [-0.2, -0.15) is 0 Å². The van der Waals surface area contributed by atoms with Gasteiger partial charge >= 0.3 is 5.69 Å². The van der Waals surface area contributed by atoms with Gasteiger partial charge in [-0.1, -0.05) is 12.1 Å². The third kappa shape index (κ3) is 4.32. The Morgan fingerprint density at radius 1 is 1.10 bits per heavy atom. The van der Waals surface area contributed by atoms with Gasteiger partial charge in [0.05, 0.1) is 11.0 Å². The lowest BCUT2D eigenvalue weighted by Crippen LogP contribution is -2.44. The number of nitrogens with zero attached hydrogens (tertiary/aromatic N) is 4. The highest BCUT2D eigenvalue weighted by Crippen LogP contribution is 2.34. The highest BCUT2D eigenvalue weighted by atomic mass is 16.2. The number of carbonyl (C=O) groups excluding carboxylic acids is 2. The summed E-state index contributed by atoms with van der Waals surface area (Å²) < 4.78 is 3.26. The molecule has 31 heavy (non-hydrogen) atoms. The first-order valence-electron chi connectivity index (χ1n) is 11.3. The van der Waals surface area contributed by atoms with Crippen molar-refractivity contribution < 1.29 is 9.59 Å². The highest BCUT2D eigenvalue weighted by molar-refractivity contribution is 6.00. The summed E-state index contributed by atoms with van der Waals surface area (Å²) in [6.07, 6.45) is 3.93. The Labute approximate surface area is 182 Å². The van der Waals surface area contributed by atoms with E-state index in [1.165, 1.54) is 12.0 Å². The molecule has 3 heterocycles. The maximum Gasteiger partial charge on any atom is 0.329 e. The number of imide groups is 1. The standard InChI is InChI=1S/C23H33N5O3/c1-25(2)12-5-13-27-14-10-16(11-15-27)17-6-4-7-18-21(17)26(3)23(31)28(18)19-8-9-20(29)24-22(19)30/h4,6-7,16,19H,5,8-15H2,1-3H3,(H,24,29,30). The smallest absolute Gasteiger partial charge is 0.309 e. The van der Waals surface area contributed by atoms with Crippen molar-refractivity contribution >= 4 is 22.8 Å². The van der Waals surface area contributed by atoms with Crippen LogP contribution in [0.25, 0.3) is 11.0 Å². The molecule has 2 fully saturated rings. The molecule has 0 saturated carbocycles. The molecule has 0 spiro atoms. The summed E-state index contributed by atoms with van der Waals surface area (Å²) in [6, 6.07) is 5.40. The van der Waals surface area contributed by atoms with Crippen LogP contribution in [0.3, 0.4) is 0 Å². The van der Waals surface area contributed by atoms with Gasteiger partial charge in [0.2, 0.25) is 11.8 Å². The SMILES string of the molecule is CN(C)CCCN1CCC(c2cccc3c2n(C)c(=O)n3C2CCC(=O)NC2=O)CC1. The summed E-state index contributed by atoms with van der Waals surface area (Å²) in [5.74, 6) is -0.258. The predicted octanol–water partition coefficient (Wildman–Crippen LogP) is 1.45. The Hall–Kier alpha value is -2.45. The Morgan fingerprint density at radius 2 is 1.84 bits per heavy atom. The first-order valence-corrected chi connectivity index (χ1v) is 11.3. The molecule has 4 rings (SSSR count). The number of aromatic nitrogens is 2. The number of imidazole rings is 1. The molecular formula is C23H33N5O3. The van der Waals surface area contributed by atoms with Gasteiger partial charge in [-0.25, -0.2) is 4.79 Å². The number of piperidine rings is 2. The first-order chi connectivity index (χ1) is 14.9. The molecule has 1 unspecified atom stereocenters. The average Bonchev–Trinajstić information content (AvgIpc) is 2.99. The lowest BCUT2D eigenvalue weighted by molar-refractivity contribution is -0.135. The zero-order chi connectivity index (χ0) is 22.1. The molecule has 2 aliphatic rings. The van der Waals surface area contributed by atoms with E-state index in [0.717, 1.165) is 50.1 Å². The molecule has 0 bridgehead atoms. The van der Waals surface area contributed by atoms with Gasteiger partial charge in [-0.15, -0.1) is 0 Å². The molecule has 1 aromatic heterocycles. The summed E-state index contributed by atoms with van der Waals surface area (Å²) in [4.78, 5) is 41.9. The van der Waals surface area contributed by atoms with E-state index >= 15 is 0 Å². The van der Waals surface area contributed by atoms with Crippen LogP contribution in [0.5, 0.6) is 0 Å². The number of likely N-dealkylation sites (tertiary alicyclic amines) is 1. The number of hydrogen-bond donors (Lipinski definition) is 1. The molecule has 2 saturated heterocycles. The van der Waals surface area contributed by atoms with Crippen molar-refractivity contribution in [2.45, 2.75) is 44.1 Å². The largest absolute Gasteiger partial charge is 0.329 e. The number of carbonyl (C=O) groups is 2. The molecule has 168 valence electrons. The predicted molar refractivity (Wildman–Crippen MR) is 120 cm³/mol. The number of nitrogens with one attached hydrogen (secondary N) is 1. The van der Waals surface area contributed by atoms with Crippen LogP contribution in [0.1, 0.15) is 49.6 Å². The van der Waals surface area contributed by atoms with E-state index in [9.17, 15) is 14.4 Å². The van der Waals surface area contributed by atoms with Crippen LogP contribution in [-0.2, 0) is 16.6 Å². The van der Waals surface area contributed by atoms with E-state index in [1.807, 2.05) is 12.1 Å². The second kappa shape index (κ2) is 8.96. The molecule has 8 nitrogen and oxygen atoms in total. The summed E-state index contributed by atoms with van der Waals surface area (Å²) in [5, 5.41) is 2.38. The molecule has 2 aliphatic heterocycles. The normalized spacial score (nSPS) is 21.2. The van der Waals surface area contributed by atoms with Crippen molar-refractivity contribution in [3.05, 3.63) is 34.2 Å². The molecule has 8 heteroatoms. The lowest BCUT2D eigenvalue weighted by Gasteiger charge is -2.32. The average molecular weight is 428 g/mol. The van der Waals surface area contributed by atoms with E-state index in [-0.39, 0.29) is 23.9 Å². The zero-order valence-corrected chi connectivity index (χ0v) is 18.8. The maximum atomic E-state index is 13.1. The monoisotopic (exact) mass is 427 g/mol. The molecule has 2 amide bonds. The number of aryl methyl sites for hydroxylation is 1. The Bertz CT molecular complexity index is 1030. The Kier molecular flexibility index (Phi) is 6.29. The fourth-order valence-corrected chi connectivity index (χ4v) is 5.11. The second-order valence-corrected chi connectivity index (χ2v) is 9.17. The summed E-state index contributed by atoms with van der Waals surface area (Å²) in [7, 11) is 6.00. The van der Waals surface area contributed by atoms with Crippen LogP contribution in [-0.4, -0.2) is 71.0 Å². The number of rotatable bonds is 6. The van der Waals surface area contributed by atoms with Crippen molar-refractivity contribution in [3.8, 4) is 0 Å². The van der Waals surface area contributed by atoms with Gasteiger partial charge in [-0.05, 0) is 83.5 Å². The number of amides is 2. The minimum atomic E-state index is -0.636. The molecule has 0 radical (unpaired) electrons. The van der Waals surface area contributed by atoms with Crippen molar-refractivity contribution in [1.29, 1.82) is 0 Å².